The van der Waals surface area contributed by atoms with E-state index in [1.165, 1.54) is 12.0 Å². The number of anilines is 1. The topological polar surface area (TPSA) is 66.9 Å². The van der Waals surface area contributed by atoms with Gasteiger partial charge in [0.25, 0.3) is 0 Å². The van der Waals surface area contributed by atoms with Crippen LogP contribution in [0.2, 0.25) is 5.02 Å². The number of ether oxygens (including phenoxy) is 1. The van der Waals surface area contributed by atoms with Crippen LogP contribution in [0, 0.1) is 24.2 Å². The first kappa shape index (κ1) is 22.7. The maximum absolute atomic E-state index is 14.0. The first-order valence-electron chi connectivity index (χ1n) is 11.4. The Morgan fingerprint density at radius 2 is 1.74 bits per heavy atom. The maximum atomic E-state index is 14.0. The van der Waals surface area contributed by atoms with E-state index in [-0.39, 0.29) is 17.6 Å². The number of benzene rings is 2. The van der Waals surface area contributed by atoms with E-state index < -0.39 is 29.3 Å². The molecule has 4 atom stereocenters. The molecule has 34 heavy (non-hydrogen) atoms. The van der Waals surface area contributed by atoms with E-state index >= 15 is 0 Å². The molecule has 2 fully saturated rings. The lowest BCUT2D eigenvalue weighted by atomic mass is 9.79. The van der Waals surface area contributed by atoms with Gasteiger partial charge in [-0.2, -0.15) is 0 Å². The van der Waals surface area contributed by atoms with Gasteiger partial charge in [-0.3, -0.25) is 14.4 Å². The third kappa shape index (κ3) is 3.12. The second-order valence-corrected chi connectivity index (χ2v) is 10.6. The van der Waals surface area contributed by atoms with Crippen LogP contribution in [0.15, 0.2) is 42.6 Å². The molecule has 7 heteroatoms. The minimum Gasteiger partial charge on any atom is -0.495 e. The predicted molar refractivity (Wildman–Crippen MR) is 131 cm³/mol. The summed E-state index contributed by atoms with van der Waals surface area (Å²) in [6.45, 7) is 7.37. The third-order valence-corrected chi connectivity index (χ3v) is 7.58. The van der Waals surface area contributed by atoms with Gasteiger partial charge in [0.15, 0.2) is 5.78 Å². The van der Waals surface area contributed by atoms with Crippen molar-refractivity contribution in [2.45, 2.75) is 39.8 Å². The smallest absolute Gasteiger partial charge is 0.240 e. The molecule has 0 spiro atoms. The average Bonchev–Trinajstić information content (AvgIpc) is 3.27. The summed E-state index contributed by atoms with van der Waals surface area (Å²) in [5.74, 6) is -1.89. The highest BCUT2D eigenvalue weighted by molar-refractivity contribution is 6.32. The number of fused-ring (bicyclic) bond motifs is 5. The zero-order chi connectivity index (χ0) is 24.5. The van der Waals surface area contributed by atoms with Gasteiger partial charge in [-0.05, 0) is 35.8 Å². The molecule has 0 aliphatic carbocycles. The van der Waals surface area contributed by atoms with Crippen molar-refractivity contribution in [1.82, 2.24) is 4.90 Å². The quantitative estimate of drug-likeness (QED) is 0.593. The Balaban J connectivity index is 1.69. The first-order valence-corrected chi connectivity index (χ1v) is 11.7. The molecule has 3 aliphatic rings. The van der Waals surface area contributed by atoms with Crippen LogP contribution in [0.25, 0.3) is 6.08 Å². The lowest BCUT2D eigenvalue weighted by molar-refractivity contribution is -0.135. The Morgan fingerprint density at radius 1 is 1.06 bits per heavy atom. The minimum atomic E-state index is -0.791. The Morgan fingerprint density at radius 3 is 2.41 bits per heavy atom. The SMILES string of the molecule is COc1cc(Cl)c(C)cc1N1C(=O)[C@@H]2[C@H](C1=O)[C@H]1c3ccccc3C=CN1[C@H]2C(=O)C(C)(C)C. The van der Waals surface area contributed by atoms with Crippen molar-refractivity contribution in [3.63, 3.8) is 0 Å². The number of carbonyl (C=O) groups is 3. The average molecular weight is 479 g/mol. The number of carbonyl (C=O) groups excluding carboxylic acids is 3. The molecular weight excluding hydrogens is 452 g/mol. The summed E-state index contributed by atoms with van der Waals surface area (Å²) in [5.41, 5.74) is 2.35. The summed E-state index contributed by atoms with van der Waals surface area (Å²) in [7, 11) is 1.48. The Hall–Kier alpha value is -3.12. The van der Waals surface area contributed by atoms with E-state index in [1.54, 1.807) is 12.1 Å². The summed E-state index contributed by atoms with van der Waals surface area (Å²) < 4.78 is 5.48. The van der Waals surface area contributed by atoms with Crippen molar-refractivity contribution in [2.24, 2.45) is 17.3 Å². The van der Waals surface area contributed by atoms with Crippen LogP contribution < -0.4 is 9.64 Å². The number of hydrogen-bond acceptors (Lipinski definition) is 5. The van der Waals surface area contributed by atoms with Gasteiger partial charge in [-0.1, -0.05) is 56.6 Å². The van der Waals surface area contributed by atoms with Gasteiger partial charge in [-0.25, -0.2) is 4.90 Å². The van der Waals surface area contributed by atoms with Crippen LogP contribution in [0.1, 0.15) is 43.5 Å². The summed E-state index contributed by atoms with van der Waals surface area (Å²) in [5, 5.41) is 0.484. The van der Waals surface area contributed by atoms with Gasteiger partial charge in [0, 0.05) is 22.7 Å². The van der Waals surface area contributed by atoms with Crippen molar-refractivity contribution >= 4 is 41.0 Å². The molecule has 2 aromatic rings. The number of imide groups is 1. The molecule has 0 unspecified atom stereocenters. The van der Waals surface area contributed by atoms with E-state index in [0.29, 0.717) is 16.5 Å². The zero-order valence-electron chi connectivity index (χ0n) is 19.8. The summed E-state index contributed by atoms with van der Waals surface area (Å²) >= 11 is 6.27. The largest absolute Gasteiger partial charge is 0.495 e. The number of amides is 2. The Kier molecular flexibility index (Phi) is 5.13. The highest BCUT2D eigenvalue weighted by atomic mass is 35.5. The third-order valence-electron chi connectivity index (χ3n) is 7.17. The van der Waals surface area contributed by atoms with Crippen LogP contribution in [0.5, 0.6) is 5.75 Å². The fraction of sp³-hybridized carbons (Fsp3) is 0.370. The molecular formula is C27H27ClN2O4. The fourth-order valence-electron chi connectivity index (χ4n) is 5.52. The highest BCUT2D eigenvalue weighted by Crippen LogP contribution is 2.55. The molecule has 2 amide bonds. The van der Waals surface area contributed by atoms with Gasteiger partial charge >= 0.3 is 0 Å². The maximum Gasteiger partial charge on any atom is 0.240 e. The molecule has 3 heterocycles. The molecule has 0 saturated carbocycles. The normalized spacial score (nSPS) is 25.4. The second kappa shape index (κ2) is 7.70. The van der Waals surface area contributed by atoms with Crippen molar-refractivity contribution in [2.75, 3.05) is 12.0 Å². The number of nitrogens with zero attached hydrogens (tertiary/aromatic N) is 2. The first-order chi connectivity index (χ1) is 16.1. The lowest BCUT2D eigenvalue weighted by Crippen LogP contribution is -2.47. The van der Waals surface area contributed by atoms with Gasteiger partial charge in [0.05, 0.1) is 30.7 Å². The molecule has 3 aliphatic heterocycles. The molecule has 0 bridgehead atoms. The number of Topliss-reactive ketones (excluding diaryl/α,β-unsaturated/α-hetero) is 1. The number of hydrogen-bond donors (Lipinski definition) is 0. The second-order valence-electron chi connectivity index (χ2n) is 10.2. The van der Waals surface area contributed by atoms with Crippen molar-refractivity contribution < 1.29 is 19.1 Å². The molecule has 5 rings (SSSR count). The summed E-state index contributed by atoms with van der Waals surface area (Å²) in [4.78, 5) is 44.8. The van der Waals surface area contributed by atoms with Gasteiger partial charge in [-0.15, -0.1) is 0 Å². The van der Waals surface area contributed by atoms with E-state index in [1.807, 2.05) is 69.1 Å². The number of rotatable bonds is 3. The van der Waals surface area contributed by atoms with E-state index in [2.05, 4.69) is 0 Å². The summed E-state index contributed by atoms with van der Waals surface area (Å²) in [6.07, 6.45) is 3.83. The highest BCUT2D eigenvalue weighted by Gasteiger charge is 2.65. The van der Waals surface area contributed by atoms with Crippen LogP contribution in [0.4, 0.5) is 5.69 Å². The van der Waals surface area contributed by atoms with Crippen LogP contribution >= 0.6 is 11.6 Å². The van der Waals surface area contributed by atoms with Crippen molar-refractivity contribution in [3.8, 4) is 5.75 Å². The van der Waals surface area contributed by atoms with Crippen LogP contribution in [0.3, 0.4) is 0 Å². The predicted octanol–water partition coefficient (Wildman–Crippen LogP) is 4.79. The van der Waals surface area contributed by atoms with Crippen molar-refractivity contribution in [1.29, 1.82) is 0 Å². The Bertz CT molecular complexity index is 1260. The summed E-state index contributed by atoms with van der Waals surface area (Å²) in [6, 6.07) is 10.0. The fourth-order valence-corrected chi connectivity index (χ4v) is 5.68. The number of halogens is 1. The molecule has 2 aromatic carbocycles. The molecule has 0 N–H and O–H groups in total. The molecule has 176 valence electrons. The van der Waals surface area contributed by atoms with E-state index in [4.69, 9.17) is 16.3 Å². The Labute approximate surface area is 204 Å². The number of aryl methyl sites for hydroxylation is 1. The van der Waals surface area contributed by atoms with E-state index in [0.717, 1.165) is 16.7 Å². The van der Waals surface area contributed by atoms with Crippen molar-refractivity contribution in [3.05, 3.63) is 64.3 Å². The molecule has 0 radical (unpaired) electrons. The number of ketones is 1. The van der Waals surface area contributed by atoms with Crippen LogP contribution in [-0.4, -0.2) is 35.6 Å². The van der Waals surface area contributed by atoms with Gasteiger partial charge in [0.2, 0.25) is 11.8 Å². The molecule has 6 nitrogen and oxygen atoms in total. The van der Waals surface area contributed by atoms with Crippen LogP contribution in [-0.2, 0) is 14.4 Å². The van der Waals surface area contributed by atoms with E-state index in [9.17, 15) is 14.4 Å². The minimum absolute atomic E-state index is 0.0590. The van der Waals surface area contributed by atoms with Gasteiger partial charge in [0.1, 0.15) is 11.8 Å². The number of methoxy groups -OCH3 is 1. The lowest BCUT2D eigenvalue weighted by Gasteiger charge is -2.37. The standard InChI is InChI=1S/C27H27ClN2O4/c1-14-12-18(19(34-5)13-17(14)28)30-25(32)20-21(26(30)33)23(24(31)27(2,3)4)29-11-10-15-8-6-7-9-16(15)22(20)29/h6-13,20-23H,1-5H3/t20-,21+,22+,23+/m0/s1. The molecule has 2 saturated heterocycles. The zero-order valence-corrected chi connectivity index (χ0v) is 20.6. The van der Waals surface area contributed by atoms with Gasteiger partial charge < -0.3 is 9.64 Å². The monoisotopic (exact) mass is 478 g/mol. The molecule has 0 aromatic heterocycles.